The van der Waals surface area contributed by atoms with E-state index in [1.165, 1.54) is 0 Å². The monoisotopic (exact) mass is 261 g/mol. The van der Waals surface area contributed by atoms with Gasteiger partial charge in [0.1, 0.15) is 5.75 Å². The number of ether oxygens (including phenoxy) is 1. The average molecular weight is 261 g/mol. The lowest BCUT2D eigenvalue weighted by molar-refractivity contribution is 0.416. The molecule has 0 saturated carbocycles. The van der Waals surface area contributed by atoms with Gasteiger partial charge in [-0.25, -0.2) is 0 Å². The fraction of sp³-hybridized carbons (Fsp3) is 0.231. The van der Waals surface area contributed by atoms with Gasteiger partial charge in [-0.3, -0.25) is 4.57 Å². The van der Waals surface area contributed by atoms with Crippen molar-refractivity contribution in [3.8, 4) is 17.1 Å². The second-order valence-corrected chi connectivity index (χ2v) is 4.38. The molecule has 0 amide bonds. The van der Waals surface area contributed by atoms with Gasteiger partial charge >= 0.3 is 0 Å². The molecule has 2 rings (SSSR count). The van der Waals surface area contributed by atoms with Gasteiger partial charge < -0.3 is 4.74 Å². The van der Waals surface area contributed by atoms with E-state index in [1.54, 1.807) is 18.9 Å². The number of hydrogen-bond acceptors (Lipinski definition) is 4. The third-order valence-electron chi connectivity index (χ3n) is 2.56. The summed E-state index contributed by atoms with van der Waals surface area (Å²) in [6.45, 7) is 4.45. The molecule has 5 heteroatoms. The third kappa shape index (κ3) is 2.26. The summed E-state index contributed by atoms with van der Waals surface area (Å²) in [5.41, 5.74) is 0.939. The van der Waals surface area contributed by atoms with E-state index in [1.807, 2.05) is 41.2 Å². The lowest BCUT2D eigenvalue weighted by Crippen LogP contribution is -2.01. The highest BCUT2D eigenvalue weighted by Crippen LogP contribution is 2.30. The average Bonchev–Trinajstić information content (AvgIpc) is 2.82. The predicted octanol–water partition coefficient (Wildman–Crippen LogP) is 2.86. The number of nitrogens with zero attached hydrogens (tertiary/aromatic N) is 3. The molecule has 1 aromatic heterocycles. The molecule has 0 aliphatic carbocycles. The van der Waals surface area contributed by atoms with E-state index in [-0.39, 0.29) is 0 Å². The molecule has 2 aromatic rings. The summed E-state index contributed by atoms with van der Waals surface area (Å²) in [6, 6.07) is 7.79. The van der Waals surface area contributed by atoms with Crippen LogP contribution in [0, 0.1) is 0 Å². The fourth-order valence-corrected chi connectivity index (χ4v) is 2.27. The fourth-order valence-electron chi connectivity index (χ4n) is 1.76. The second-order valence-electron chi connectivity index (χ2n) is 3.61. The zero-order valence-corrected chi connectivity index (χ0v) is 11.3. The van der Waals surface area contributed by atoms with E-state index in [0.717, 1.165) is 22.3 Å². The Morgan fingerprint density at radius 3 is 2.83 bits per heavy atom. The molecule has 0 aliphatic heterocycles. The smallest absolute Gasteiger partial charge is 0.191 e. The van der Waals surface area contributed by atoms with Crippen LogP contribution in [-0.4, -0.2) is 28.1 Å². The van der Waals surface area contributed by atoms with Crippen LogP contribution in [0.2, 0.25) is 0 Å². The maximum absolute atomic E-state index is 5.36. The Kier molecular flexibility index (Phi) is 4.04. The topological polar surface area (TPSA) is 39.9 Å². The Morgan fingerprint density at radius 2 is 2.17 bits per heavy atom. The Balaban J connectivity index is 2.56. The first-order valence-electron chi connectivity index (χ1n) is 5.53. The molecule has 18 heavy (non-hydrogen) atoms. The van der Waals surface area contributed by atoms with Crippen molar-refractivity contribution in [1.82, 2.24) is 14.8 Å². The molecule has 1 aromatic carbocycles. The molecule has 94 valence electrons. The van der Waals surface area contributed by atoms with E-state index < -0.39 is 0 Å². The molecular weight excluding hydrogens is 246 g/mol. The summed E-state index contributed by atoms with van der Waals surface area (Å²) in [4.78, 5) is 0. The number of thioether (sulfide) groups is 1. The molecule has 0 spiro atoms. The highest BCUT2D eigenvalue weighted by molar-refractivity contribution is 7.98. The molecule has 1 heterocycles. The molecule has 0 aliphatic rings. The number of aromatic nitrogens is 3. The van der Waals surface area contributed by atoms with E-state index >= 15 is 0 Å². The Labute approximate surface area is 111 Å². The first-order chi connectivity index (χ1) is 8.81. The van der Waals surface area contributed by atoms with Crippen molar-refractivity contribution in [1.29, 1.82) is 0 Å². The van der Waals surface area contributed by atoms with E-state index in [0.29, 0.717) is 6.54 Å². The Bertz CT molecular complexity index is 551. The second kappa shape index (κ2) is 5.73. The van der Waals surface area contributed by atoms with Crippen LogP contribution in [0.25, 0.3) is 11.4 Å². The van der Waals surface area contributed by atoms with Gasteiger partial charge in [-0.1, -0.05) is 30.0 Å². The standard InChI is InChI=1S/C13H15N3OS/c1-4-9-16-12(14-15-13(16)18-3)10-7-5-6-8-11(10)17-2/h4-8H,1,9H2,2-3H3. The van der Waals surface area contributed by atoms with Crippen molar-refractivity contribution >= 4 is 11.8 Å². The number of methoxy groups -OCH3 is 1. The minimum atomic E-state index is 0.677. The zero-order valence-electron chi connectivity index (χ0n) is 10.5. The quantitative estimate of drug-likeness (QED) is 0.613. The summed E-state index contributed by atoms with van der Waals surface area (Å²) < 4.78 is 7.39. The van der Waals surface area contributed by atoms with Gasteiger partial charge in [-0.05, 0) is 18.4 Å². The van der Waals surface area contributed by atoms with Gasteiger partial charge in [0, 0.05) is 6.54 Å². The molecule has 0 saturated heterocycles. The van der Waals surface area contributed by atoms with Gasteiger partial charge in [0.2, 0.25) is 0 Å². The predicted molar refractivity (Wildman–Crippen MR) is 74.0 cm³/mol. The number of rotatable bonds is 5. The summed E-state index contributed by atoms with van der Waals surface area (Å²) in [7, 11) is 1.66. The largest absolute Gasteiger partial charge is 0.496 e. The van der Waals surface area contributed by atoms with E-state index in [9.17, 15) is 0 Å². The maximum Gasteiger partial charge on any atom is 0.191 e. The highest BCUT2D eigenvalue weighted by atomic mass is 32.2. The lowest BCUT2D eigenvalue weighted by atomic mass is 10.2. The zero-order chi connectivity index (χ0) is 13.0. The first kappa shape index (κ1) is 12.7. The first-order valence-corrected chi connectivity index (χ1v) is 6.75. The van der Waals surface area contributed by atoms with Crippen LogP contribution in [0.4, 0.5) is 0 Å². The van der Waals surface area contributed by atoms with Crippen LogP contribution < -0.4 is 4.74 Å². The van der Waals surface area contributed by atoms with Crippen molar-refractivity contribution < 1.29 is 4.74 Å². The number of hydrogen-bond donors (Lipinski definition) is 0. The number of allylic oxidation sites excluding steroid dienone is 1. The summed E-state index contributed by atoms with van der Waals surface area (Å²) in [5.74, 6) is 1.60. The summed E-state index contributed by atoms with van der Waals surface area (Å²) >= 11 is 1.57. The molecule has 4 nitrogen and oxygen atoms in total. The molecule has 0 N–H and O–H groups in total. The minimum Gasteiger partial charge on any atom is -0.496 e. The highest BCUT2D eigenvalue weighted by Gasteiger charge is 2.15. The van der Waals surface area contributed by atoms with E-state index in [2.05, 4.69) is 16.8 Å². The molecule has 0 radical (unpaired) electrons. The number of benzene rings is 1. The molecule has 0 atom stereocenters. The molecule has 0 fully saturated rings. The Morgan fingerprint density at radius 1 is 1.39 bits per heavy atom. The molecule has 0 unspecified atom stereocenters. The number of para-hydroxylation sites is 1. The summed E-state index contributed by atoms with van der Waals surface area (Å²) in [6.07, 6.45) is 3.82. The third-order valence-corrected chi connectivity index (χ3v) is 3.23. The van der Waals surface area contributed by atoms with Gasteiger partial charge in [0.15, 0.2) is 11.0 Å². The van der Waals surface area contributed by atoms with Gasteiger partial charge in [-0.15, -0.1) is 16.8 Å². The normalized spacial score (nSPS) is 10.3. The van der Waals surface area contributed by atoms with Crippen LogP contribution in [0.1, 0.15) is 0 Å². The van der Waals surface area contributed by atoms with Crippen molar-refractivity contribution in [2.75, 3.05) is 13.4 Å². The van der Waals surface area contributed by atoms with Crippen molar-refractivity contribution in [3.63, 3.8) is 0 Å². The molecular formula is C13H15N3OS. The lowest BCUT2D eigenvalue weighted by Gasteiger charge is -2.09. The van der Waals surface area contributed by atoms with Gasteiger partial charge in [-0.2, -0.15) is 0 Å². The van der Waals surface area contributed by atoms with Gasteiger partial charge in [0.05, 0.1) is 12.7 Å². The van der Waals surface area contributed by atoms with Crippen LogP contribution >= 0.6 is 11.8 Å². The van der Waals surface area contributed by atoms with Crippen LogP contribution in [0.5, 0.6) is 5.75 Å². The summed E-state index contributed by atoms with van der Waals surface area (Å²) in [5, 5.41) is 9.30. The minimum absolute atomic E-state index is 0.677. The van der Waals surface area contributed by atoms with Gasteiger partial charge in [0.25, 0.3) is 0 Å². The maximum atomic E-state index is 5.36. The SMILES string of the molecule is C=CCn1c(SC)nnc1-c1ccccc1OC. The van der Waals surface area contributed by atoms with Crippen LogP contribution in [0.3, 0.4) is 0 Å². The Hall–Kier alpha value is -1.75. The van der Waals surface area contributed by atoms with E-state index in [4.69, 9.17) is 4.74 Å². The van der Waals surface area contributed by atoms with Crippen molar-refractivity contribution in [3.05, 3.63) is 36.9 Å². The van der Waals surface area contributed by atoms with Crippen LogP contribution in [-0.2, 0) is 6.54 Å². The molecule has 0 bridgehead atoms. The van der Waals surface area contributed by atoms with Crippen LogP contribution in [0.15, 0.2) is 42.1 Å². The van der Waals surface area contributed by atoms with Crippen molar-refractivity contribution in [2.45, 2.75) is 11.7 Å². The van der Waals surface area contributed by atoms with Crippen molar-refractivity contribution in [2.24, 2.45) is 0 Å².